The van der Waals surface area contributed by atoms with E-state index in [4.69, 9.17) is 5.11 Å². The van der Waals surface area contributed by atoms with E-state index in [2.05, 4.69) is 15.3 Å². The van der Waals surface area contributed by atoms with E-state index in [0.29, 0.717) is 31.0 Å². The van der Waals surface area contributed by atoms with Gasteiger partial charge in [0.2, 0.25) is 11.9 Å². The van der Waals surface area contributed by atoms with Gasteiger partial charge in [-0.15, -0.1) is 0 Å². The van der Waals surface area contributed by atoms with Crippen LogP contribution in [0, 0.1) is 6.92 Å². The summed E-state index contributed by atoms with van der Waals surface area (Å²) in [6.07, 6.45) is 1.18. The Morgan fingerprint density at radius 1 is 1.53 bits per heavy atom. The number of rotatable bonds is 3. The SMILES string of the molecule is Cc1cc(C(=O)O)nc(NC2CCC(=O)N(C)C2)n1. The Morgan fingerprint density at radius 2 is 2.26 bits per heavy atom. The van der Waals surface area contributed by atoms with Crippen molar-refractivity contribution in [1.82, 2.24) is 14.9 Å². The topological polar surface area (TPSA) is 95.4 Å². The number of nitrogens with zero attached hydrogens (tertiary/aromatic N) is 3. The van der Waals surface area contributed by atoms with Crippen LogP contribution in [0.3, 0.4) is 0 Å². The fourth-order valence-corrected chi connectivity index (χ4v) is 2.06. The van der Waals surface area contributed by atoms with Crippen LogP contribution < -0.4 is 5.32 Å². The largest absolute Gasteiger partial charge is 0.477 e. The molecule has 19 heavy (non-hydrogen) atoms. The van der Waals surface area contributed by atoms with Crippen molar-refractivity contribution in [2.24, 2.45) is 0 Å². The maximum Gasteiger partial charge on any atom is 0.354 e. The summed E-state index contributed by atoms with van der Waals surface area (Å²) in [5.74, 6) is -0.663. The molecule has 0 spiro atoms. The third-order valence-electron chi connectivity index (χ3n) is 3.03. The van der Waals surface area contributed by atoms with E-state index in [0.717, 1.165) is 0 Å². The molecule has 7 heteroatoms. The number of anilines is 1. The number of likely N-dealkylation sites (tertiary alicyclic amines) is 1. The average Bonchev–Trinajstić information content (AvgIpc) is 2.33. The molecule has 1 aliphatic heterocycles. The van der Waals surface area contributed by atoms with Crippen LogP contribution in [-0.4, -0.2) is 51.5 Å². The van der Waals surface area contributed by atoms with E-state index in [1.54, 1.807) is 18.9 Å². The van der Waals surface area contributed by atoms with Crippen molar-refractivity contribution in [2.45, 2.75) is 25.8 Å². The second-order valence-corrected chi connectivity index (χ2v) is 4.68. The van der Waals surface area contributed by atoms with Gasteiger partial charge in [-0.25, -0.2) is 14.8 Å². The highest BCUT2D eigenvalue weighted by atomic mass is 16.4. The molecular weight excluding hydrogens is 248 g/mol. The van der Waals surface area contributed by atoms with E-state index >= 15 is 0 Å². The van der Waals surface area contributed by atoms with Crippen LogP contribution >= 0.6 is 0 Å². The van der Waals surface area contributed by atoms with Crippen molar-refractivity contribution in [3.8, 4) is 0 Å². The second-order valence-electron chi connectivity index (χ2n) is 4.68. The highest BCUT2D eigenvalue weighted by molar-refractivity contribution is 5.85. The summed E-state index contributed by atoms with van der Waals surface area (Å²) < 4.78 is 0. The summed E-state index contributed by atoms with van der Waals surface area (Å²) in [5, 5.41) is 12.0. The fraction of sp³-hybridized carbons (Fsp3) is 0.500. The van der Waals surface area contributed by atoms with Crippen LogP contribution in [0.1, 0.15) is 29.0 Å². The van der Waals surface area contributed by atoms with Crippen molar-refractivity contribution in [3.63, 3.8) is 0 Å². The van der Waals surface area contributed by atoms with E-state index in [1.165, 1.54) is 6.07 Å². The van der Waals surface area contributed by atoms with Crippen molar-refractivity contribution < 1.29 is 14.7 Å². The summed E-state index contributed by atoms with van der Waals surface area (Å²) in [5.41, 5.74) is 0.561. The molecule has 2 heterocycles. The molecule has 1 atom stereocenters. The number of aryl methyl sites for hydroxylation is 1. The molecule has 0 aromatic carbocycles. The summed E-state index contributed by atoms with van der Waals surface area (Å²) in [4.78, 5) is 32.1. The van der Waals surface area contributed by atoms with Gasteiger partial charge in [0, 0.05) is 31.7 Å². The molecule has 2 rings (SSSR count). The standard InChI is InChI=1S/C12H16N4O3/c1-7-5-9(11(18)19)15-12(13-7)14-8-3-4-10(17)16(2)6-8/h5,8H,3-4,6H2,1-2H3,(H,18,19)(H,13,14,15). The Kier molecular flexibility index (Phi) is 3.64. The first-order valence-corrected chi connectivity index (χ1v) is 6.05. The molecule has 1 unspecified atom stereocenters. The van der Waals surface area contributed by atoms with Crippen LogP contribution in [0.4, 0.5) is 5.95 Å². The minimum atomic E-state index is -1.08. The Labute approximate surface area is 110 Å². The number of hydrogen-bond acceptors (Lipinski definition) is 5. The number of carbonyl (C=O) groups excluding carboxylic acids is 1. The predicted molar refractivity (Wildman–Crippen MR) is 68.0 cm³/mol. The Morgan fingerprint density at radius 3 is 2.89 bits per heavy atom. The normalized spacial score (nSPS) is 19.4. The lowest BCUT2D eigenvalue weighted by Gasteiger charge is -2.30. The zero-order valence-corrected chi connectivity index (χ0v) is 10.9. The molecule has 7 nitrogen and oxygen atoms in total. The van der Waals surface area contributed by atoms with Gasteiger partial charge in [0.15, 0.2) is 5.69 Å². The average molecular weight is 264 g/mol. The molecule has 1 aromatic rings. The predicted octanol–water partition coefficient (Wildman–Crippen LogP) is 0.516. The van der Waals surface area contributed by atoms with Gasteiger partial charge in [-0.05, 0) is 19.4 Å². The van der Waals surface area contributed by atoms with Crippen molar-refractivity contribution in [2.75, 3.05) is 18.9 Å². The van der Waals surface area contributed by atoms with E-state index in [9.17, 15) is 9.59 Å². The van der Waals surface area contributed by atoms with Crippen molar-refractivity contribution in [3.05, 3.63) is 17.5 Å². The number of hydrogen-bond donors (Lipinski definition) is 2. The summed E-state index contributed by atoms with van der Waals surface area (Å²) in [7, 11) is 1.75. The third kappa shape index (κ3) is 3.18. The monoisotopic (exact) mass is 264 g/mol. The van der Waals surface area contributed by atoms with Crippen LogP contribution in [-0.2, 0) is 4.79 Å². The molecule has 1 aliphatic rings. The molecule has 1 amide bonds. The van der Waals surface area contributed by atoms with Crippen molar-refractivity contribution >= 4 is 17.8 Å². The zero-order valence-electron chi connectivity index (χ0n) is 10.9. The highest BCUT2D eigenvalue weighted by Crippen LogP contribution is 2.14. The lowest BCUT2D eigenvalue weighted by Crippen LogP contribution is -2.43. The minimum Gasteiger partial charge on any atom is -0.477 e. The number of likely N-dealkylation sites (N-methyl/N-ethyl adjacent to an activating group) is 1. The number of carbonyl (C=O) groups is 2. The van der Waals surface area contributed by atoms with Gasteiger partial charge in [0.05, 0.1) is 0 Å². The van der Waals surface area contributed by atoms with Gasteiger partial charge in [-0.3, -0.25) is 4.79 Å². The number of carboxylic acids is 1. The molecule has 1 fully saturated rings. The van der Waals surface area contributed by atoms with Crippen molar-refractivity contribution in [1.29, 1.82) is 0 Å². The van der Waals surface area contributed by atoms with Crippen LogP contribution in [0.5, 0.6) is 0 Å². The summed E-state index contributed by atoms with van der Waals surface area (Å²) in [6, 6.07) is 1.47. The molecule has 0 aliphatic carbocycles. The van der Waals surface area contributed by atoms with Gasteiger partial charge in [0.25, 0.3) is 0 Å². The number of piperidine rings is 1. The summed E-state index contributed by atoms with van der Waals surface area (Å²) >= 11 is 0. The number of nitrogens with one attached hydrogen (secondary N) is 1. The highest BCUT2D eigenvalue weighted by Gasteiger charge is 2.23. The summed E-state index contributed by atoms with van der Waals surface area (Å²) in [6.45, 7) is 2.29. The molecule has 0 saturated carbocycles. The molecule has 2 N–H and O–H groups in total. The van der Waals surface area contributed by atoms with Crippen LogP contribution in [0.15, 0.2) is 6.07 Å². The molecule has 0 radical (unpaired) electrons. The number of aromatic nitrogens is 2. The Hall–Kier alpha value is -2.18. The minimum absolute atomic E-state index is 0.0322. The zero-order chi connectivity index (χ0) is 14.0. The lowest BCUT2D eigenvalue weighted by atomic mass is 10.1. The first kappa shape index (κ1) is 13.3. The van der Waals surface area contributed by atoms with Gasteiger partial charge >= 0.3 is 5.97 Å². The van der Waals surface area contributed by atoms with Gasteiger partial charge < -0.3 is 15.3 Å². The molecule has 1 aromatic heterocycles. The first-order chi connectivity index (χ1) is 8.95. The van der Waals surface area contributed by atoms with Crippen LogP contribution in [0.2, 0.25) is 0 Å². The maximum absolute atomic E-state index is 11.4. The molecule has 0 bridgehead atoms. The Bertz CT molecular complexity index is 518. The van der Waals surface area contributed by atoms with Gasteiger partial charge in [0.1, 0.15) is 0 Å². The quantitative estimate of drug-likeness (QED) is 0.826. The van der Waals surface area contributed by atoms with E-state index < -0.39 is 5.97 Å². The molecule has 102 valence electrons. The second kappa shape index (κ2) is 5.21. The van der Waals surface area contributed by atoms with Crippen LogP contribution in [0.25, 0.3) is 0 Å². The van der Waals surface area contributed by atoms with Gasteiger partial charge in [-0.1, -0.05) is 0 Å². The third-order valence-corrected chi connectivity index (χ3v) is 3.03. The molecule has 1 saturated heterocycles. The van der Waals surface area contributed by atoms with E-state index in [-0.39, 0.29) is 17.6 Å². The Balaban J connectivity index is 2.11. The number of carboxylic acid groups (broad SMARTS) is 1. The first-order valence-electron chi connectivity index (χ1n) is 6.05. The fourth-order valence-electron chi connectivity index (χ4n) is 2.06. The smallest absolute Gasteiger partial charge is 0.354 e. The maximum atomic E-state index is 11.4. The number of amides is 1. The van der Waals surface area contributed by atoms with E-state index in [1.807, 2.05) is 0 Å². The molecular formula is C12H16N4O3. The van der Waals surface area contributed by atoms with Gasteiger partial charge in [-0.2, -0.15) is 0 Å². The number of aromatic carboxylic acids is 1. The lowest BCUT2D eigenvalue weighted by molar-refractivity contribution is -0.132.